The van der Waals surface area contributed by atoms with Gasteiger partial charge in [0.1, 0.15) is 18.1 Å². The molecule has 7 heteroatoms. The van der Waals surface area contributed by atoms with Crippen molar-refractivity contribution >= 4 is 29.1 Å². The fraction of sp³-hybridized carbons (Fsp3) is 0.129. The molecule has 1 fully saturated rings. The zero-order valence-electron chi connectivity index (χ0n) is 20.7. The molecule has 1 N–H and O–H groups in total. The number of nitrogens with zero attached hydrogens (tertiary/aromatic N) is 2. The van der Waals surface area contributed by atoms with Crippen LogP contribution in [0.25, 0.3) is 5.76 Å². The number of amides is 1. The van der Waals surface area contributed by atoms with Crippen molar-refractivity contribution in [1.29, 1.82) is 0 Å². The lowest BCUT2D eigenvalue weighted by atomic mass is 9.95. The van der Waals surface area contributed by atoms with E-state index in [9.17, 15) is 14.7 Å². The topological polar surface area (TPSA) is 79.7 Å². The quantitative estimate of drug-likeness (QED) is 0.176. The molecule has 2 heterocycles. The van der Waals surface area contributed by atoms with E-state index in [2.05, 4.69) is 11.1 Å². The number of ketones is 1. The van der Waals surface area contributed by atoms with Crippen LogP contribution in [0.2, 0.25) is 5.02 Å². The summed E-state index contributed by atoms with van der Waals surface area (Å²) in [5.41, 5.74) is 4.00. The number of pyridine rings is 1. The minimum Gasteiger partial charge on any atom is -0.507 e. The van der Waals surface area contributed by atoms with E-state index in [0.717, 1.165) is 16.7 Å². The first kappa shape index (κ1) is 25.2. The Balaban J connectivity index is 1.47. The molecule has 38 heavy (non-hydrogen) atoms. The third-order valence-electron chi connectivity index (χ3n) is 6.40. The Morgan fingerprint density at radius 3 is 2.45 bits per heavy atom. The molecule has 0 saturated carbocycles. The predicted octanol–water partition coefficient (Wildman–Crippen LogP) is 6.24. The van der Waals surface area contributed by atoms with Crippen molar-refractivity contribution in [3.8, 4) is 5.75 Å². The molecule has 1 amide bonds. The second kappa shape index (κ2) is 10.9. The van der Waals surface area contributed by atoms with Crippen LogP contribution in [-0.4, -0.2) is 26.7 Å². The number of hydrogen-bond acceptors (Lipinski definition) is 5. The van der Waals surface area contributed by atoms with Gasteiger partial charge in [0.25, 0.3) is 11.7 Å². The lowest BCUT2D eigenvalue weighted by Gasteiger charge is -2.25. The van der Waals surface area contributed by atoms with Gasteiger partial charge in [-0.3, -0.25) is 14.6 Å². The summed E-state index contributed by atoms with van der Waals surface area (Å²) in [5.74, 6) is -1.09. The number of likely N-dealkylation sites (tertiary alicyclic amines) is 1. The Labute approximate surface area is 225 Å². The number of halogens is 1. The third-order valence-corrected chi connectivity index (χ3v) is 6.63. The molecule has 1 saturated heterocycles. The van der Waals surface area contributed by atoms with Crippen molar-refractivity contribution in [3.05, 3.63) is 136 Å². The van der Waals surface area contributed by atoms with E-state index in [-0.39, 0.29) is 17.9 Å². The van der Waals surface area contributed by atoms with Crippen LogP contribution in [0.3, 0.4) is 0 Å². The van der Waals surface area contributed by atoms with E-state index >= 15 is 0 Å². The second-order valence-corrected chi connectivity index (χ2v) is 9.58. The normalized spacial score (nSPS) is 16.6. The van der Waals surface area contributed by atoms with Crippen molar-refractivity contribution in [3.63, 3.8) is 0 Å². The first-order valence-corrected chi connectivity index (χ1v) is 12.5. The maximum atomic E-state index is 13.3. The van der Waals surface area contributed by atoms with Crippen LogP contribution in [0.5, 0.6) is 5.75 Å². The molecule has 4 aromatic rings. The molecule has 1 unspecified atom stereocenters. The van der Waals surface area contributed by atoms with Gasteiger partial charge in [0.2, 0.25) is 0 Å². The van der Waals surface area contributed by atoms with E-state index in [4.69, 9.17) is 16.3 Å². The Morgan fingerprint density at radius 2 is 1.74 bits per heavy atom. The highest BCUT2D eigenvalue weighted by Crippen LogP contribution is 2.41. The van der Waals surface area contributed by atoms with Crippen molar-refractivity contribution in [2.24, 2.45) is 0 Å². The van der Waals surface area contributed by atoms with Crippen molar-refractivity contribution < 1.29 is 19.4 Å². The molecule has 6 nitrogen and oxygen atoms in total. The SMILES string of the molecule is Cc1cccc(COc2ccc(/C(O)=C3/C(=O)C(=O)N(Cc4cccnc4)C3c3cccc(Cl)c3)cc2)c1. The molecule has 3 aromatic carbocycles. The maximum Gasteiger partial charge on any atom is 0.295 e. The van der Waals surface area contributed by atoms with Gasteiger partial charge >= 0.3 is 0 Å². The number of Topliss-reactive ketones (excluding diaryl/α,β-unsaturated/α-hetero) is 1. The summed E-state index contributed by atoms with van der Waals surface area (Å²) in [5, 5.41) is 11.8. The largest absolute Gasteiger partial charge is 0.507 e. The molecule has 5 rings (SSSR count). The summed E-state index contributed by atoms with van der Waals surface area (Å²) in [6.07, 6.45) is 3.28. The van der Waals surface area contributed by atoms with Gasteiger partial charge in [-0.15, -0.1) is 0 Å². The standard InChI is InChI=1S/C31H25ClN2O4/c1-20-5-2-6-21(15-20)19-38-26-12-10-23(11-13-26)29(35)27-28(24-8-3-9-25(32)16-24)34(31(37)30(27)36)18-22-7-4-14-33-17-22/h2-17,28,35H,18-19H2,1H3/b29-27-. The van der Waals surface area contributed by atoms with E-state index in [1.54, 1.807) is 67.0 Å². The van der Waals surface area contributed by atoms with Crippen LogP contribution in [0.4, 0.5) is 0 Å². The Kier molecular flexibility index (Phi) is 7.24. The van der Waals surface area contributed by atoms with E-state index in [0.29, 0.717) is 28.5 Å². The highest BCUT2D eigenvalue weighted by Gasteiger charge is 2.46. The average Bonchev–Trinajstić information content (AvgIpc) is 3.17. The minimum atomic E-state index is -0.814. The monoisotopic (exact) mass is 524 g/mol. The number of benzene rings is 3. The number of aryl methyl sites for hydroxylation is 1. The number of hydrogen-bond donors (Lipinski definition) is 1. The lowest BCUT2D eigenvalue weighted by Crippen LogP contribution is -2.29. The zero-order valence-corrected chi connectivity index (χ0v) is 21.4. The summed E-state index contributed by atoms with van der Waals surface area (Å²) in [6.45, 7) is 2.58. The fourth-order valence-corrected chi connectivity index (χ4v) is 4.79. The van der Waals surface area contributed by atoms with Gasteiger partial charge < -0.3 is 14.7 Å². The second-order valence-electron chi connectivity index (χ2n) is 9.15. The Bertz CT molecular complexity index is 1520. The lowest BCUT2D eigenvalue weighted by molar-refractivity contribution is -0.140. The smallest absolute Gasteiger partial charge is 0.295 e. The van der Waals surface area contributed by atoms with Crippen LogP contribution < -0.4 is 4.74 Å². The zero-order chi connectivity index (χ0) is 26.6. The molecule has 1 atom stereocenters. The number of aliphatic hydroxyl groups is 1. The van der Waals surface area contributed by atoms with Gasteiger partial charge in [0.15, 0.2) is 0 Å². The fourth-order valence-electron chi connectivity index (χ4n) is 4.59. The number of aliphatic hydroxyl groups excluding tert-OH is 1. The van der Waals surface area contributed by atoms with Crippen LogP contribution in [0.15, 0.2) is 103 Å². The van der Waals surface area contributed by atoms with Gasteiger partial charge in [-0.25, -0.2) is 0 Å². The van der Waals surface area contributed by atoms with Crippen LogP contribution in [0, 0.1) is 6.92 Å². The summed E-state index contributed by atoms with van der Waals surface area (Å²) in [6, 6.07) is 24.6. The summed E-state index contributed by atoms with van der Waals surface area (Å²) in [4.78, 5) is 32.0. The van der Waals surface area contributed by atoms with Crippen LogP contribution in [0.1, 0.15) is 33.9 Å². The van der Waals surface area contributed by atoms with E-state index in [1.165, 1.54) is 4.90 Å². The van der Waals surface area contributed by atoms with Crippen molar-refractivity contribution in [1.82, 2.24) is 9.88 Å². The first-order chi connectivity index (χ1) is 18.4. The number of carbonyl (C=O) groups excluding carboxylic acids is 2. The average molecular weight is 525 g/mol. The molecule has 190 valence electrons. The summed E-state index contributed by atoms with van der Waals surface area (Å²) >= 11 is 6.26. The molecule has 1 aliphatic rings. The molecule has 0 aliphatic carbocycles. The molecule has 0 spiro atoms. The van der Waals surface area contributed by atoms with Crippen LogP contribution in [-0.2, 0) is 22.7 Å². The number of rotatable bonds is 7. The van der Waals surface area contributed by atoms with Gasteiger partial charge in [-0.2, -0.15) is 0 Å². The first-order valence-electron chi connectivity index (χ1n) is 12.1. The van der Waals surface area contributed by atoms with E-state index < -0.39 is 17.7 Å². The van der Waals surface area contributed by atoms with Crippen LogP contribution >= 0.6 is 11.6 Å². The summed E-state index contributed by atoms with van der Waals surface area (Å²) < 4.78 is 5.88. The molecule has 0 bridgehead atoms. The van der Waals surface area contributed by atoms with E-state index in [1.807, 2.05) is 31.2 Å². The van der Waals surface area contributed by atoms with Crippen molar-refractivity contribution in [2.75, 3.05) is 0 Å². The Morgan fingerprint density at radius 1 is 0.974 bits per heavy atom. The molecule has 1 aromatic heterocycles. The number of carbonyl (C=O) groups is 2. The van der Waals surface area contributed by atoms with Gasteiger partial charge in [0, 0.05) is 29.5 Å². The number of ether oxygens (including phenoxy) is 1. The molecular formula is C31H25ClN2O4. The highest BCUT2D eigenvalue weighted by molar-refractivity contribution is 6.46. The maximum absolute atomic E-state index is 13.3. The number of aromatic nitrogens is 1. The third kappa shape index (κ3) is 5.31. The van der Waals surface area contributed by atoms with Gasteiger partial charge in [-0.1, -0.05) is 59.6 Å². The molecule has 1 aliphatic heterocycles. The minimum absolute atomic E-state index is 0.00888. The molecule has 0 radical (unpaired) electrons. The highest BCUT2D eigenvalue weighted by atomic mass is 35.5. The Hall–Kier alpha value is -4.42. The van der Waals surface area contributed by atoms with Gasteiger partial charge in [0.05, 0.1) is 11.6 Å². The van der Waals surface area contributed by atoms with Gasteiger partial charge in [-0.05, 0) is 66.1 Å². The molecular weight excluding hydrogens is 500 g/mol. The predicted molar refractivity (Wildman–Crippen MR) is 145 cm³/mol. The summed E-state index contributed by atoms with van der Waals surface area (Å²) in [7, 11) is 0. The van der Waals surface area contributed by atoms with Crippen molar-refractivity contribution in [2.45, 2.75) is 26.1 Å².